The number of thioether (sulfide) groups is 1. The van der Waals surface area contributed by atoms with Crippen LogP contribution in [0.15, 0.2) is 24.3 Å². The largest absolute Gasteiger partial charge is 0.353 e. The molecule has 1 saturated carbocycles. The van der Waals surface area contributed by atoms with E-state index in [0.717, 1.165) is 18.4 Å². The predicted octanol–water partition coefficient (Wildman–Crippen LogP) is 4.06. The summed E-state index contributed by atoms with van der Waals surface area (Å²) in [4.78, 5) is 22.2. The van der Waals surface area contributed by atoms with Gasteiger partial charge in [-0.15, -0.1) is 11.8 Å². The maximum Gasteiger partial charge on any atom is 0.269 e. The fourth-order valence-corrected chi connectivity index (χ4v) is 3.64. The summed E-state index contributed by atoms with van der Waals surface area (Å²) < 4.78 is 0. The lowest BCUT2D eigenvalue weighted by atomic mass is 9.97. The highest BCUT2D eigenvalue weighted by molar-refractivity contribution is 7.99. The number of nitrogens with zero attached hydrogens (tertiary/aromatic N) is 1. The van der Waals surface area contributed by atoms with Gasteiger partial charge in [-0.2, -0.15) is 0 Å². The summed E-state index contributed by atoms with van der Waals surface area (Å²) in [6, 6.07) is 6.84. The van der Waals surface area contributed by atoms with Crippen LogP contribution in [0.25, 0.3) is 0 Å². The van der Waals surface area contributed by atoms with Gasteiger partial charge in [0.1, 0.15) is 0 Å². The second-order valence-electron chi connectivity index (χ2n) is 6.03. The standard InChI is InChI=1S/C17H24N2O3S/c20-17(18-15-6-4-2-1-3-5-7-15)13-23-12-14-8-10-16(11-9-14)19(21)22/h8-11,15H,1-7,12-13H2,(H,18,20). The van der Waals surface area contributed by atoms with E-state index in [-0.39, 0.29) is 11.6 Å². The van der Waals surface area contributed by atoms with E-state index < -0.39 is 4.92 Å². The van der Waals surface area contributed by atoms with Gasteiger partial charge >= 0.3 is 0 Å². The van der Waals surface area contributed by atoms with Crippen molar-refractivity contribution in [2.75, 3.05) is 5.75 Å². The molecule has 5 nitrogen and oxygen atoms in total. The third kappa shape index (κ3) is 6.60. The minimum Gasteiger partial charge on any atom is -0.353 e. The van der Waals surface area contributed by atoms with E-state index in [1.54, 1.807) is 23.9 Å². The highest BCUT2D eigenvalue weighted by Crippen LogP contribution is 2.18. The fourth-order valence-electron chi connectivity index (χ4n) is 2.85. The third-order valence-corrected chi connectivity index (χ3v) is 5.12. The van der Waals surface area contributed by atoms with Crippen LogP contribution in [0.1, 0.15) is 50.5 Å². The molecule has 1 fully saturated rings. The molecular formula is C17H24N2O3S. The minimum atomic E-state index is -0.403. The van der Waals surface area contributed by atoms with Crippen LogP contribution < -0.4 is 5.32 Å². The fraction of sp³-hybridized carbons (Fsp3) is 0.588. The Kier molecular flexibility index (Phi) is 7.39. The Balaban J connectivity index is 1.68. The molecule has 0 aromatic heterocycles. The molecule has 1 aromatic rings. The summed E-state index contributed by atoms with van der Waals surface area (Å²) in [6.07, 6.45) is 8.49. The molecule has 0 spiro atoms. The quantitative estimate of drug-likeness (QED) is 0.628. The zero-order valence-electron chi connectivity index (χ0n) is 13.3. The van der Waals surface area contributed by atoms with Gasteiger partial charge in [0.05, 0.1) is 10.7 Å². The lowest BCUT2D eigenvalue weighted by Gasteiger charge is -2.20. The maximum absolute atomic E-state index is 12.0. The van der Waals surface area contributed by atoms with Crippen molar-refractivity contribution >= 4 is 23.4 Å². The molecule has 1 amide bonds. The topological polar surface area (TPSA) is 72.2 Å². The number of hydrogen-bond donors (Lipinski definition) is 1. The molecule has 1 aliphatic rings. The zero-order chi connectivity index (χ0) is 16.5. The number of non-ortho nitro benzene ring substituents is 1. The molecule has 0 unspecified atom stereocenters. The van der Waals surface area contributed by atoms with Crippen molar-refractivity contribution in [2.45, 2.75) is 56.7 Å². The first-order valence-electron chi connectivity index (χ1n) is 8.25. The van der Waals surface area contributed by atoms with E-state index in [0.29, 0.717) is 17.5 Å². The molecular weight excluding hydrogens is 312 g/mol. The first kappa shape index (κ1) is 17.8. The molecule has 0 heterocycles. The number of benzene rings is 1. The Hall–Kier alpha value is -1.56. The number of carbonyl (C=O) groups excluding carboxylic acids is 1. The van der Waals surface area contributed by atoms with Crippen molar-refractivity contribution < 1.29 is 9.72 Å². The summed E-state index contributed by atoms with van der Waals surface area (Å²) >= 11 is 1.54. The second kappa shape index (κ2) is 9.55. The van der Waals surface area contributed by atoms with E-state index in [2.05, 4.69) is 5.32 Å². The number of hydrogen-bond acceptors (Lipinski definition) is 4. The van der Waals surface area contributed by atoms with E-state index in [9.17, 15) is 14.9 Å². The smallest absolute Gasteiger partial charge is 0.269 e. The van der Waals surface area contributed by atoms with Gasteiger partial charge in [-0.05, 0) is 18.4 Å². The van der Waals surface area contributed by atoms with Crippen LogP contribution in [0.4, 0.5) is 5.69 Å². The number of nitrogens with one attached hydrogen (secondary N) is 1. The molecule has 0 bridgehead atoms. The molecule has 23 heavy (non-hydrogen) atoms. The molecule has 2 rings (SSSR count). The van der Waals surface area contributed by atoms with Gasteiger partial charge in [0.25, 0.3) is 5.69 Å². The van der Waals surface area contributed by atoms with Crippen LogP contribution in [-0.2, 0) is 10.5 Å². The summed E-state index contributed by atoms with van der Waals surface area (Å²) in [6.45, 7) is 0. The average molecular weight is 336 g/mol. The highest BCUT2D eigenvalue weighted by atomic mass is 32.2. The van der Waals surface area contributed by atoms with Gasteiger partial charge in [0.2, 0.25) is 5.91 Å². The Morgan fingerprint density at radius 1 is 1.13 bits per heavy atom. The normalized spacial score (nSPS) is 16.3. The molecule has 0 atom stereocenters. The van der Waals surface area contributed by atoms with Crippen molar-refractivity contribution in [1.82, 2.24) is 5.32 Å². The zero-order valence-corrected chi connectivity index (χ0v) is 14.1. The monoisotopic (exact) mass is 336 g/mol. The number of nitro benzene ring substituents is 1. The van der Waals surface area contributed by atoms with Crippen LogP contribution >= 0.6 is 11.8 Å². The number of rotatable bonds is 6. The highest BCUT2D eigenvalue weighted by Gasteiger charge is 2.14. The molecule has 0 aliphatic heterocycles. The van der Waals surface area contributed by atoms with Crippen molar-refractivity contribution in [3.8, 4) is 0 Å². The molecule has 1 aliphatic carbocycles. The number of amides is 1. The van der Waals surface area contributed by atoms with Crippen LogP contribution in [0, 0.1) is 10.1 Å². The second-order valence-corrected chi connectivity index (χ2v) is 7.01. The minimum absolute atomic E-state index is 0.0979. The van der Waals surface area contributed by atoms with Gasteiger partial charge in [-0.1, -0.05) is 44.2 Å². The van der Waals surface area contributed by atoms with Crippen LogP contribution in [0.5, 0.6) is 0 Å². The van der Waals surface area contributed by atoms with Crippen LogP contribution in [0.2, 0.25) is 0 Å². The van der Waals surface area contributed by atoms with E-state index in [1.165, 1.54) is 44.2 Å². The Bertz CT molecular complexity index is 511. The van der Waals surface area contributed by atoms with Crippen molar-refractivity contribution in [2.24, 2.45) is 0 Å². The number of nitro groups is 1. The van der Waals surface area contributed by atoms with Crippen LogP contribution in [-0.4, -0.2) is 22.6 Å². The Labute approximate surface area is 141 Å². The van der Waals surface area contributed by atoms with Gasteiger partial charge in [-0.25, -0.2) is 0 Å². The molecule has 1 aromatic carbocycles. The lowest BCUT2D eigenvalue weighted by molar-refractivity contribution is -0.384. The van der Waals surface area contributed by atoms with Gasteiger partial charge in [0, 0.05) is 23.9 Å². The molecule has 6 heteroatoms. The summed E-state index contributed by atoms with van der Waals surface area (Å²) in [5.74, 6) is 1.23. The molecule has 126 valence electrons. The number of carbonyl (C=O) groups is 1. The average Bonchev–Trinajstić information content (AvgIpc) is 2.50. The van der Waals surface area contributed by atoms with E-state index >= 15 is 0 Å². The summed E-state index contributed by atoms with van der Waals surface area (Å²) in [7, 11) is 0. The first-order valence-corrected chi connectivity index (χ1v) is 9.41. The third-order valence-electron chi connectivity index (χ3n) is 4.12. The van der Waals surface area contributed by atoms with E-state index in [4.69, 9.17) is 0 Å². The molecule has 1 N–H and O–H groups in total. The van der Waals surface area contributed by atoms with Crippen LogP contribution in [0.3, 0.4) is 0 Å². The van der Waals surface area contributed by atoms with Crippen molar-refractivity contribution in [3.63, 3.8) is 0 Å². The predicted molar refractivity (Wildman–Crippen MR) is 93.5 cm³/mol. The van der Waals surface area contributed by atoms with Gasteiger partial charge < -0.3 is 5.32 Å². The van der Waals surface area contributed by atoms with Gasteiger partial charge in [0.15, 0.2) is 0 Å². The Morgan fingerprint density at radius 3 is 2.35 bits per heavy atom. The van der Waals surface area contributed by atoms with Crippen molar-refractivity contribution in [1.29, 1.82) is 0 Å². The van der Waals surface area contributed by atoms with Gasteiger partial charge in [-0.3, -0.25) is 14.9 Å². The Morgan fingerprint density at radius 2 is 1.74 bits per heavy atom. The molecule has 0 saturated heterocycles. The van der Waals surface area contributed by atoms with E-state index in [1.807, 2.05) is 0 Å². The SMILES string of the molecule is O=C(CSCc1ccc([N+](=O)[O-])cc1)NC1CCCCCCC1. The summed E-state index contributed by atoms with van der Waals surface area (Å²) in [5, 5.41) is 13.7. The lowest BCUT2D eigenvalue weighted by Crippen LogP contribution is -2.36. The summed E-state index contributed by atoms with van der Waals surface area (Å²) in [5.41, 5.74) is 1.10. The first-order chi connectivity index (χ1) is 11.1. The molecule has 0 radical (unpaired) electrons. The maximum atomic E-state index is 12.0. The van der Waals surface area contributed by atoms with Crippen molar-refractivity contribution in [3.05, 3.63) is 39.9 Å².